The molecule has 0 saturated heterocycles. The lowest BCUT2D eigenvalue weighted by Crippen LogP contribution is -2.45. The van der Waals surface area contributed by atoms with Crippen LogP contribution in [-0.4, -0.2) is 41.0 Å². The maximum Gasteiger partial charge on any atom is 0.320 e. The fourth-order valence-electron chi connectivity index (χ4n) is 2.37. The normalized spacial score (nSPS) is 15.5. The lowest BCUT2D eigenvalue weighted by molar-refractivity contribution is -0.140. The van der Waals surface area contributed by atoms with Crippen LogP contribution in [0.3, 0.4) is 0 Å². The first-order chi connectivity index (χ1) is 10.1. The first kappa shape index (κ1) is 15.5. The zero-order valence-corrected chi connectivity index (χ0v) is 12.3. The monoisotopic (exact) mass is 290 g/mol. The number of nitrogens with one attached hydrogen (secondary N) is 1. The van der Waals surface area contributed by atoms with Crippen LogP contribution in [0.1, 0.15) is 25.3 Å². The number of benzene rings is 1. The highest BCUT2D eigenvalue weighted by atomic mass is 16.4. The summed E-state index contributed by atoms with van der Waals surface area (Å²) in [6.45, 7) is 3.17. The van der Waals surface area contributed by atoms with E-state index < -0.39 is 12.0 Å². The number of carbonyl (C=O) groups excluding carboxylic acids is 1. The Labute approximate surface area is 125 Å². The van der Waals surface area contributed by atoms with Crippen LogP contribution in [0.25, 0.3) is 0 Å². The van der Waals surface area contributed by atoms with Crippen LogP contribution in [0.5, 0.6) is 0 Å². The smallest absolute Gasteiger partial charge is 0.320 e. The molecule has 5 heteroatoms. The number of carbonyl (C=O) groups is 2. The molecule has 1 aliphatic rings. The van der Waals surface area contributed by atoms with Crippen molar-refractivity contribution in [1.29, 1.82) is 0 Å². The van der Waals surface area contributed by atoms with Gasteiger partial charge in [0, 0.05) is 13.1 Å². The number of hydrogen-bond acceptors (Lipinski definition) is 3. The van der Waals surface area contributed by atoms with Crippen molar-refractivity contribution >= 4 is 11.9 Å². The Morgan fingerprint density at radius 1 is 1.33 bits per heavy atom. The number of carboxylic acids is 1. The molecule has 0 aliphatic heterocycles. The minimum Gasteiger partial charge on any atom is -0.480 e. The average molecular weight is 290 g/mol. The molecule has 114 valence electrons. The van der Waals surface area contributed by atoms with Crippen molar-refractivity contribution in [1.82, 2.24) is 10.2 Å². The third-order valence-electron chi connectivity index (χ3n) is 3.78. The molecule has 5 nitrogen and oxygen atoms in total. The Hall–Kier alpha value is -1.88. The summed E-state index contributed by atoms with van der Waals surface area (Å²) in [7, 11) is 0. The summed E-state index contributed by atoms with van der Waals surface area (Å²) < 4.78 is 0. The molecule has 1 aromatic rings. The van der Waals surface area contributed by atoms with Gasteiger partial charge in [-0.2, -0.15) is 0 Å². The molecule has 0 heterocycles. The van der Waals surface area contributed by atoms with E-state index in [0.29, 0.717) is 13.1 Å². The third kappa shape index (κ3) is 4.56. The Balaban J connectivity index is 1.86. The maximum atomic E-state index is 12.2. The summed E-state index contributed by atoms with van der Waals surface area (Å²) in [6.07, 6.45) is 1.86. The van der Waals surface area contributed by atoms with Gasteiger partial charge in [-0.1, -0.05) is 30.3 Å². The predicted molar refractivity (Wildman–Crippen MR) is 79.7 cm³/mol. The van der Waals surface area contributed by atoms with Gasteiger partial charge in [0.1, 0.15) is 6.04 Å². The largest absolute Gasteiger partial charge is 0.480 e. The van der Waals surface area contributed by atoms with Gasteiger partial charge in [-0.25, -0.2) is 0 Å². The van der Waals surface area contributed by atoms with Crippen molar-refractivity contribution in [3.05, 3.63) is 35.9 Å². The molecule has 1 atom stereocenters. The van der Waals surface area contributed by atoms with Gasteiger partial charge in [-0.3, -0.25) is 14.9 Å². The van der Waals surface area contributed by atoms with Crippen LogP contribution in [0, 0.1) is 5.92 Å². The van der Waals surface area contributed by atoms with E-state index in [0.717, 1.165) is 18.4 Å². The Morgan fingerprint density at radius 2 is 2.00 bits per heavy atom. The first-order valence-electron chi connectivity index (χ1n) is 7.39. The number of amides is 1. The van der Waals surface area contributed by atoms with Crippen molar-refractivity contribution < 1.29 is 14.7 Å². The van der Waals surface area contributed by atoms with Gasteiger partial charge >= 0.3 is 5.97 Å². The third-order valence-corrected chi connectivity index (χ3v) is 3.78. The minimum atomic E-state index is -0.864. The lowest BCUT2D eigenvalue weighted by Gasteiger charge is -2.22. The van der Waals surface area contributed by atoms with E-state index in [-0.39, 0.29) is 18.4 Å². The van der Waals surface area contributed by atoms with E-state index in [4.69, 9.17) is 5.11 Å². The summed E-state index contributed by atoms with van der Waals surface area (Å²) in [6, 6.07) is 9.19. The van der Waals surface area contributed by atoms with E-state index in [1.807, 2.05) is 37.3 Å². The van der Waals surface area contributed by atoms with Gasteiger partial charge in [0.05, 0.1) is 6.54 Å². The van der Waals surface area contributed by atoms with Crippen LogP contribution in [-0.2, 0) is 16.1 Å². The maximum absolute atomic E-state index is 12.2. The fourth-order valence-corrected chi connectivity index (χ4v) is 2.37. The summed E-state index contributed by atoms with van der Waals surface area (Å²) >= 11 is 0. The van der Waals surface area contributed by atoms with Crippen molar-refractivity contribution in [2.75, 3.05) is 13.1 Å². The fraction of sp³-hybridized carbons (Fsp3) is 0.500. The van der Waals surface area contributed by atoms with Crippen molar-refractivity contribution in [2.45, 2.75) is 32.4 Å². The molecule has 2 N–H and O–H groups in total. The first-order valence-corrected chi connectivity index (χ1v) is 7.39. The van der Waals surface area contributed by atoms with E-state index in [1.165, 1.54) is 0 Å². The summed E-state index contributed by atoms with van der Waals surface area (Å²) in [5.74, 6) is -0.746. The average Bonchev–Trinajstić information content (AvgIpc) is 3.30. The molecule has 21 heavy (non-hydrogen) atoms. The number of likely N-dealkylation sites (N-methyl/N-ethyl adjacent to an activating group) is 1. The Morgan fingerprint density at radius 3 is 2.52 bits per heavy atom. The quantitative estimate of drug-likeness (QED) is 0.761. The molecular formula is C16H22N2O3. The highest BCUT2D eigenvalue weighted by Crippen LogP contribution is 2.32. The second-order valence-corrected chi connectivity index (χ2v) is 5.43. The van der Waals surface area contributed by atoms with Gasteiger partial charge in [0.15, 0.2) is 0 Å². The second kappa shape index (κ2) is 7.22. The van der Waals surface area contributed by atoms with Gasteiger partial charge in [-0.05, 0) is 31.2 Å². The number of aliphatic carboxylic acids is 1. The van der Waals surface area contributed by atoms with Crippen molar-refractivity contribution in [3.63, 3.8) is 0 Å². The molecule has 1 saturated carbocycles. The molecule has 0 bridgehead atoms. The molecule has 1 aliphatic carbocycles. The highest BCUT2D eigenvalue weighted by Gasteiger charge is 2.36. The van der Waals surface area contributed by atoms with Crippen LogP contribution in [0.4, 0.5) is 0 Å². The SMILES string of the molecule is CCN(Cc1ccccc1)C(=O)CNC(C(=O)O)C1CC1. The number of carboxylic acid groups (broad SMARTS) is 1. The lowest BCUT2D eigenvalue weighted by atomic mass is 10.2. The molecule has 1 fully saturated rings. The zero-order chi connectivity index (χ0) is 15.2. The van der Waals surface area contributed by atoms with Crippen molar-refractivity contribution in [3.8, 4) is 0 Å². The molecule has 0 spiro atoms. The van der Waals surface area contributed by atoms with Crippen LogP contribution in [0.2, 0.25) is 0 Å². The molecule has 0 radical (unpaired) electrons. The van der Waals surface area contributed by atoms with Crippen LogP contribution in [0.15, 0.2) is 30.3 Å². The molecule has 2 rings (SSSR count). The minimum absolute atomic E-state index is 0.0618. The molecule has 1 unspecified atom stereocenters. The zero-order valence-electron chi connectivity index (χ0n) is 12.3. The number of rotatable bonds is 8. The topological polar surface area (TPSA) is 69.6 Å². The predicted octanol–water partition coefficient (Wildman–Crippen LogP) is 1.49. The van der Waals surface area contributed by atoms with Gasteiger partial charge in [0.2, 0.25) is 5.91 Å². The number of hydrogen-bond donors (Lipinski definition) is 2. The van der Waals surface area contributed by atoms with E-state index in [2.05, 4.69) is 5.32 Å². The summed E-state index contributed by atoms with van der Waals surface area (Å²) in [5.41, 5.74) is 1.07. The summed E-state index contributed by atoms with van der Waals surface area (Å²) in [5, 5.41) is 12.0. The Kier molecular flexibility index (Phi) is 5.33. The highest BCUT2D eigenvalue weighted by molar-refractivity contribution is 5.80. The Bertz CT molecular complexity index is 486. The number of nitrogens with zero attached hydrogens (tertiary/aromatic N) is 1. The standard InChI is InChI=1S/C16H22N2O3/c1-2-18(11-12-6-4-3-5-7-12)14(19)10-17-15(16(20)21)13-8-9-13/h3-7,13,15,17H,2,8-11H2,1H3,(H,20,21). The van der Waals surface area contributed by atoms with Crippen molar-refractivity contribution in [2.24, 2.45) is 5.92 Å². The van der Waals surface area contributed by atoms with Gasteiger partial charge in [0.25, 0.3) is 0 Å². The molecule has 0 aromatic heterocycles. The molecule has 1 amide bonds. The van der Waals surface area contributed by atoms with Crippen LogP contribution >= 0.6 is 0 Å². The molecule has 1 aromatic carbocycles. The van der Waals surface area contributed by atoms with Crippen LogP contribution < -0.4 is 5.32 Å². The van der Waals surface area contributed by atoms with Gasteiger partial charge in [-0.15, -0.1) is 0 Å². The van der Waals surface area contributed by atoms with E-state index in [1.54, 1.807) is 4.90 Å². The van der Waals surface area contributed by atoms with Gasteiger partial charge < -0.3 is 10.0 Å². The molecular weight excluding hydrogens is 268 g/mol. The summed E-state index contributed by atoms with van der Waals surface area (Å²) in [4.78, 5) is 25.1. The second-order valence-electron chi connectivity index (χ2n) is 5.43. The van der Waals surface area contributed by atoms with E-state index in [9.17, 15) is 9.59 Å². The van der Waals surface area contributed by atoms with E-state index >= 15 is 0 Å².